The summed E-state index contributed by atoms with van der Waals surface area (Å²) in [6, 6.07) is 21.8. The Balaban J connectivity index is 1.60. The Morgan fingerprint density at radius 1 is 0.900 bits per heavy atom. The minimum atomic E-state index is 0.456. The van der Waals surface area contributed by atoms with Crippen LogP contribution in [0.25, 0.3) is 10.9 Å². The number of para-hydroxylation sites is 1. The third-order valence-electron chi connectivity index (χ3n) is 5.14. The van der Waals surface area contributed by atoms with Crippen molar-refractivity contribution in [2.24, 2.45) is 5.10 Å². The van der Waals surface area contributed by atoms with Crippen LogP contribution < -0.4 is 5.43 Å². The number of hydrogen-bond donors (Lipinski definition) is 1. The molecule has 1 heterocycles. The van der Waals surface area contributed by atoms with Gasteiger partial charge in [0.15, 0.2) is 0 Å². The normalized spacial score (nSPS) is 11.5. The fourth-order valence-electron chi connectivity index (χ4n) is 3.53. The lowest BCUT2D eigenvalue weighted by molar-refractivity contribution is 0.748. The molecule has 0 saturated heterocycles. The van der Waals surface area contributed by atoms with Gasteiger partial charge in [-0.3, -0.25) is 0 Å². The summed E-state index contributed by atoms with van der Waals surface area (Å²) in [7, 11) is 0. The van der Waals surface area contributed by atoms with Crippen molar-refractivity contribution in [1.82, 2.24) is 9.99 Å². The molecule has 0 aliphatic rings. The van der Waals surface area contributed by atoms with Crippen LogP contribution in [-0.4, -0.2) is 10.8 Å². The van der Waals surface area contributed by atoms with E-state index in [9.17, 15) is 0 Å². The number of nitrogens with one attached hydrogen (secondary N) is 1. The average Bonchev–Trinajstić information content (AvgIpc) is 3.00. The molecule has 0 fully saturated rings. The smallest absolute Gasteiger partial charge is 0.0609 e. The molecule has 4 aromatic rings. The van der Waals surface area contributed by atoms with Gasteiger partial charge in [-0.05, 0) is 42.8 Å². The maximum absolute atomic E-state index is 6.23. The second-order valence-corrected chi connectivity index (χ2v) is 8.27. The number of fused-ring (bicyclic) bond motifs is 1. The minimum Gasteiger partial charge on any atom is -0.340 e. The molecule has 0 spiro atoms. The summed E-state index contributed by atoms with van der Waals surface area (Å²) in [6.07, 6.45) is 1.86. The number of rotatable bonds is 6. The first-order valence-corrected chi connectivity index (χ1v) is 10.7. The van der Waals surface area contributed by atoms with E-state index >= 15 is 0 Å². The van der Waals surface area contributed by atoms with E-state index in [1.165, 1.54) is 11.1 Å². The third kappa shape index (κ3) is 4.34. The molecule has 0 aliphatic carbocycles. The Kier molecular flexibility index (Phi) is 6.33. The van der Waals surface area contributed by atoms with Gasteiger partial charge in [0.1, 0.15) is 0 Å². The molecule has 4 rings (SSSR count). The largest absolute Gasteiger partial charge is 0.340 e. The first kappa shape index (κ1) is 20.8. The summed E-state index contributed by atoms with van der Waals surface area (Å²) in [5.74, 6) is 0. The molecular formula is C24H20Cl3N3. The second-order valence-electron chi connectivity index (χ2n) is 7.02. The molecule has 3 nitrogen and oxygen atoms in total. The van der Waals surface area contributed by atoms with Crippen LogP contribution >= 0.6 is 34.8 Å². The lowest BCUT2D eigenvalue weighted by Crippen LogP contribution is -2.07. The van der Waals surface area contributed by atoms with Gasteiger partial charge in [0, 0.05) is 49.3 Å². The van der Waals surface area contributed by atoms with Crippen LogP contribution in [-0.2, 0) is 13.1 Å². The highest BCUT2D eigenvalue weighted by molar-refractivity contribution is 6.36. The van der Waals surface area contributed by atoms with E-state index in [-0.39, 0.29) is 0 Å². The summed E-state index contributed by atoms with van der Waals surface area (Å²) < 4.78 is 2.30. The van der Waals surface area contributed by atoms with E-state index in [1.807, 2.05) is 42.6 Å². The summed E-state index contributed by atoms with van der Waals surface area (Å²) >= 11 is 18.5. The van der Waals surface area contributed by atoms with Crippen LogP contribution in [0.2, 0.25) is 15.1 Å². The van der Waals surface area contributed by atoms with E-state index in [0.717, 1.165) is 33.8 Å². The Morgan fingerprint density at radius 3 is 2.33 bits per heavy atom. The zero-order valence-electron chi connectivity index (χ0n) is 16.4. The molecule has 0 amide bonds. The van der Waals surface area contributed by atoms with Gasteiger partial charge >= 0.3 is 0 Å². The molecule has 0 atom stereocenters. The van der Waals surface area contributed by atoms with Gasteiger partial charge in [-0.15, -0.1) is 0 Å². The quantitative estimate of drug-likeness (QED) is 0.244. The maximum atomic E-state index is 6.23. The first-order valence-electron chi connectivity index (χ1n) is 9.55. The Bertz CT molecular complexity index is 1190. The summed E-state index contributed by atoms with van der Waals surface area (Å²) in [6.45, 7) is 3.33. The highest BCUT2D eigenvalue weighted by Crippen LogP contribution is 2.26. The van der Waals surface area contributed by atoms with Crippen LogP contribution in [0.15, 0.2) is 71.8 Å². The fourth-order valence-corrected chi connectivity index (χ4v) is 4.19. The van der Waals surface area contributed by atoms with Crippen LogP contribution in [0.4, 0.5) is 0 Å². The minimum absolute atomic E-state index is 0.456. The van der Waals surface area contributed by atoms with Gasteiger partial charge in [0.05, 0.1) is 12.8 Å². The van der Waals surface area contributed by atoms with Gasteiger partial charge in [0.2, 0.25) is 0 Å². The number of halogens is 3. The molecule has 6 heteroatoms. The van der Waals surface area contributed by atoms with E-state index in [1.54, 1.807) is 0 Å². The Labute approximate surface area is 190 Å². The van der Waals surface area contributed by atoms with Crippen molar-refractivity contribution in [3.05, 3.63) is 104 Å². The van der Waals surface area contributed by atoms with Crippen molar-refractivity contribution in [1.29, 1.82) is 0 Å². The van der Waals surface area contributed by atoms with Crippen molar-refractivity contribution in [3.8, 4) is 0 Å². The van der Waals surface area contributed by atoms with Crippen LogP contribution in [0, 0.1) is 6.92 Å². The van der Waals surface area contributed by atoms with Crippen molar-refractivity contribution < 1.29 is 0 Å². The Hall–Kier alpha value is -2.46. The standard InChI is InChI=1S/C24H20Cl3N3/c1-16-20(13-28-29-14-21-22(26)6-4-7-23(21)27)19-5-2-3-8-24(19)30(16)15-17-9-11-18(25)12-10-17/h2-13,29H,14-15H2,1H3/b28-13-. The second kappa shape index (κ2) is 9.13. The zero-order valence-corrected chi connectivity index (χ0v) is 18.6. The van der Waals surface area contributed by atoms with E-state index in [0.29, 0.717) is 16.6 Å². The van der Waals surface area contributed by atoms with Gasteiger partial charge in [-0.25, -0.2) is 0 Å². The van der Waals surface area contributed by atoms with Gasteiger partial charge < -0.3 is 9.99 Å². The van der Waals surface area contributed by atoms with Crippen LogP contribution in [0.5, 0.6) is 0 Å². The number of hydrogen-bond acceptors (Lipinski definition) is 2. The molecule has 0 aliphatic heterocycles. The number of benzene rings is 3. The molecule has 3 aromatic carbocycles. The van der Waals surface area contributed by atoms with E-state index < -0.39 is 0 Å². The average molecular weight is 457 g/mol. The number of nitrogens with zero attached hydrogens (tertiary/aromatic N) is 2. The van der Waals surface area contributed by atoms with Gasteiger partial charge in [0.25, 0.3) is 0 Å². The molecule has 30 heavy (non-hydrogen) atoms. The number of aromatic nitrogens is 1. The lowest BCUT2D eigenvalue weighted by Gasteiger charge is -2.09. The van der Waals surface area contributed by atoms with Gasteiger partial charge in [-0.1, -0.05) is 71.2 Å². The summed E-state index contributed by atoms with van der Waals surface area (Å²) in [5.41, 5.74) is 8.49. The monoisotopic (exact) mass is 455 g/mol. The van der Waals surface area contributed by atoms with Crippen molar-refractivity contribution >= 4 is 51.9 Å². The summed E-state index contributed by atoms with van der Waals surface area (Å²) in [4.78, 5) is 0. The predicted molar refractivity (Wildman–Crippen MR) is 128 cm³/mol. The molecule has 0 saturated carbocycles. The van der Waals surface area contributed by atoms with E-state index in [4.69, 9.17) is 34.8 Å². The topological polar surface area (TPSA) is 29.3 Å². The summed E-state index contributed by atoms with van der Waals surface area (Å²) in [5, 5.41) is 7.59. The first-order chi connectivity index (χ1) is 14.5. The number of hydrazone groups is 1. The SMILES string of the molecule is Cc1c(/C=N\NCc2c(Cl)cccc2Cl)c2ccccc2n1Cc1ccc(Cl)cc1. The fraction of sp³-hybridized carbons (Fsp3) is 0.125. The molecule has 0 unspecified atom stereocenters. The highest BCUT2D eigenvalue weighted by atomic mass is 35.5. The third-order valence-corrected chi connectivity index (χ3v) is 6.10. The molecule has 0 bridgehead atoms. The lowest BCUT2D eigenvalue weighted by atomic mass is 10.1. The molecule has 1 N–H and O–H groups in total. The van der Waals surface area contributed by atoms with E-state index in [2.05, 4.69) is 52.3 Å². The van der Waals surface area contributed by atoms with Crippen LogP contribution in [0.1, 0.15) is 22.4 Å². The molecular weight excluding hydrogens is 437 g/mol. The molecule has 152 valence electrons. The Morgan fingerprint density at radius 2 is 1.60 bits per heavy atom. The van der Waals surface area contributed by atoms with Crippen LogP contribution in [0.3, 0.4) is 0 Å². The maximum Gasteiger partial charge on any atom is 0.0609 e. The van der Waals surface area contributed by atoms with Crippen molar-refractivity contribution in [3.63, 3.8) is 0 Å². The predicted octanol–water partition coefficient (Wildman–Crippen LogP) is 7.08. The molecule has 1 aromatic heterocycles. The van der Waals surface area contributed by atoms with Crippen molar-refractivity contribution in [2.45, 2.75) is 20.0 Å². The highest BCUT2D eigenvalue weighted by Gasteiger charge is 2.13. The van der Waals surface area contributed by atoms with Crippen molar-refractivity contribution in [2.75, 3.05) is 0 Å². The zero-order chi connectivity index (χ0) is 21.1. The molecule has 0 radical (unpaired) electrons. The van der Waals surface area contributed by atoms with Gasteiger partial charge in [-0.2, -0.15) is 5.10 Å².